The largest absolute Gasteiger partial charge is 0.493 e. The van der Waals surface area contributed by atoms with Gasteiger partial charge in [-0.1, -0.05) is 68.9 Å². The van der Waals surface area contributed by atoms with Gasteiger partial charge in [0.05, 0.1) is 24.9 Å². The molecule has 2 aromatic carbocycles. The number of benzene rings is 2. The number of hydrogen-bond donors (Lipinski definition) is 0. The number of aldehydes is 1. The van der Waals surface area contributed by atoms with E-state index >= 15 is 0 Å². The Morgan fingerprint density at radius 3 is 2.44 bits per heavy atom. The molecule has 0 radical (unpaired) electrons. The summed E-state index contributed by atoms with van der Waals surface area (Å²) in [5.41, 5.74) is 0.665. The molecule has 1 atom stereocenters. The molecule has 3 rings (SSSR count). The van der Waals surface area contributed by atoms with E-state index in [0.29, 0.717) is 24.0 Å². The van der Waals surface area contributed by atoms with Crippen molar-refractivity contribution in [2.75, 3.05) is 13.2 Å². The summed E-state index contributed by atoms with van der Waals surface area (Å²) in [6.07, 6.45) is 11.5. The molecule has 0 aromatic heterocycles. The summed E-state index contributed by atoms with van der Waals surface area (Å²) in [6, 6.07) is 11.9. The van der Waals surface area contributed by atoms with Crippen LogP contribution in [0.3, 0.4) is 0 Å². The molecular formula is C22H28O3. The maximum atomic E-state index is 11.5. The van der Waals surface area contributed by atoms with E-state index in [1.165, 1.54) is 44.9 Å². The van der Waals surface area contributed by atoms with Crippen LogP contribution in [0.25, 0.3) is 10.8 Å². The van der Waals surface area contributed by atoms with Gasteiger partial charge in [0.15, 0.2) is 6.29 Å². The van der Waals surface area contributed by atoms with Crippen LogP contribution in [0.4, 0.5) is 0 Å². The number of rotatable bonds is 12. The third-order valence-corrected chi connectivity index (χ3v) is 4.88. The quantitative estimate of drug-likeness (QED) is 0.289. The molecule has 1 fully saturated rings. The highest BCUT2D eigenvalue weighted by molar-refractivity contribution is 6.00. The predicted molar refractivity (Wildman–Crippen MR) is 102 cm³/mol. The van der Waals surface area contributed by atoms with Crippen molar-refractivity contribution < 1.29 is 14.3 Å². The molecule has 0 amide bonds. The lowest BCUT2D eigenvalue weighted by atomic mass is 10.0. The maximum absolute atomic E-state index is 11.5. The molecule has 0 saturated carbocycles. The molecule has 1 unspecified atom stereocenters. The van der Waals surface area contributed by atoms with Gasteiger partial charge in [-0.25, -0.2) is 0 Å². The van der Waals surface area contributed by atoms with E-state index in [0.717, 1.165) is 30.1 Å². The van der Waals surface area contributed by atoms with E-state index in [1.54, 1.807) is 0 Å². The van der Waals surface area contributed by atoms with Crippen LogP contribution in [-0.2, 0) is 4.74 Å². The van der Waals surface area contributed by atoms with Crippen LogP contribution in [0.5, 0.6) is 5.75 Å². The van der Waals surface area contributed by atoms with Crippen LogP contribution in [-0.4, -0.2) is 25.6 Å². The van der Waals surface area contributed by atoms with Gasteiger partial charge >= 0.3 is 0 Å². The van der Waals surface area contributed by atoms with E-state index in [4.69, 9.17) is 9.47 Å². The fraction of sp³-hybridized carbons (Fsp3) is 0.500. The molecule has 1 aliphatic rings. The predicted octanol–water partition coefficient (Wildman–Crippen LogP) is 5.55. The lowest BCUT2D eigenvalue weighted by Gasteiger charge is -2.10. The van der Waals surface area contributed by atoms with Gasteiger partial charge in [-0.15, -0.1) is 0 Å². The summed E-state index contributed by atoms with van der Waals surface area (Å²) in [4.78, 5) is 11.5. The first-order chi connectivity index (χ1) is 12.4. The molecule has 1 saturated heterocycles. The number of carbonyl (C=O) groups excluding carboxylic acids is 1. The van der Waals surface area contributed by atoms with Crippen LogP contribution in [0.1, 0.15) is 61.7 Å². The lowest BCUT2D eigenvalue weighted by Crippen LogP contribution is -2.00. The zero-order valence-corrected chi connectivity index (χ0v) is 14.9. The second-order valence-corrected chi connectivity index (χ2v) is 6.88. The molecule has 1 aliphatic heterocycles. The first-order valence-corrected chi connectivity index (χ1v) is 9.60. The van der Waals surface area contributed by atoms with Crippen molar-refractivity contribution in [3.05, 3.63) is 42.0 Å². The van der Waals surface area contributed by atoms with Crippen LogP contribution in [0.2, 0.25) is 0 Å². The van der Waals surface area contributed by atoms with E-state index < -0.39 is 0 Å². The molecule has 25 heavy (non-hydrogen) atoms. The van der Waals surface area contributed by atoms with E-state index in [1.807, 2.05) is 36.4 Å². The van der Waals surface area contributed by atoms with Crippen molar-refractivity contribution in [3.8, 4) is 5.75 Å². The third-order valence-electron chi connectivity index (χ3n) is 4.88. The van der Waals surface area contributed by atoms with Gasteiger partial charge in [-0.3, -0.25) is 4.79 Å². The minimum Gasteiger partial charge on any atom is -0.493 e. The van der Waals surface area contributed by atoms with Crippen molar-refractivity contribution in [2.45, 2.75) is 57.5 Å². The minimum atomic E-state index is 0.587. The number of hydrogen-bond acceptors (Lipinski definition) is 3. The summed E-state index contributed by atoms with van der Waals surface area (Å²) in [6.45, 7) is 1.67. The Kier molecular flexibility index (Phi) is 6.87. The summed E-state index contributed by atoms with van der Waals surface area (Å²) in [5, 5.41) is 2.04. The average Bonchev–Trinajstić information content (AvgIpc) is 3.47. The smallest absolute Gasteiger partial charge is 0.154 e. The molecule has 0 spiro atoms. The van der Waals surface area contributed by atoms with Crippen molar-refractivity contribution >= 4 is 17.1 Å². The normalized spacial score (nSPS) is 16.1. The first kappa shape index (κ1) is 17.9. The van der Waals surface area contributed by atoms with E-state index in [9.17, 15) is 4.79 Å². The van der Waals surface area contributed by atoms with E-state index in [2.05, 4.69) is 0 Å². The number of ether oxygens (including phenoxy) is 2. The molecule has 134 valence electrons. The first-order valence-electron chi connectivity index (χ1n) is 9.60. The molecule has 0 bridgehead atoms. The molecule has 0 N–H and O–H groups in total. The summed E-state index contributed by atoms with van der Waals surface area (Å²) < 4.78 is 11.1. The van der Waals surface area contributed by atoms with Gasteiger partial charge < -0.3 is 9.47 Å². The van der Waals surface area contributed by atoms with Gasteiger partial charge in [0.25, 0.3) is 0 Å². The van der Waals surface area contributed by atoms with Gasteiger partial charge in [-0.2, -0.15) is 0 Å². The van der Waals surface area contributed by atoms with Crippen molar-refractivity contribution in [2.24, 2.45) is 0 Å². The fourth-order valence-electron chi connectivity index (χ4n) is 3.30. The number of fused-ring (bicyclic) bond motifs is 1. The molecule has 0 aliphatic carbocycles. The van der Waals surface area contributed by atoms with Crippen LogP contribution in [0, 0.1) is 0 Å². The highest BCUT2D eigenvalue weighted by atomic mass is 16.6. The minimum absolute atomic E-state index is 0.587. The Hall–Kier alpha value is -1.87. The Balaban J connectivity index is 1.32. The highest BCUT2D eigenvalue weighted by Gasteiger charge is 2.20. The number of carbonyl (C=O) groups is 1. The zero-order valence-electron chi connectivity index (χ0n) is 14.9. The van der Waals surface area contributed by atoms with Crippen molar-refractivity contribution in [3.63, 3.8) is 0 Å². The monoisotopic (exact) mass is 340 g/mol. The van der Waals surface area contributed by atoms with Crippen LogP contribution >= 0.6 is 0 Å². The molecule has 1 heterocycles. The van der Waals surface area contributed by atoms with Gasteiger partial charge in [-0.05, 0) is 29.7 Å². The van der Waals surface area contributed by atoms with Gasteiger partial charge in [0.2, 0.25) is 0 Å². The zero-order chi connectivity index (χ0) is 17.3. The molecule has 3 heteroatoms. The topological polar surface area (TPSA) is 38.8 Å². The molecule has 2 aromatic rings. The Morgan fingerprint density at radius 1 is 0.960 bits per heavy atom. The van der Waals surface area contributed by atoms with Crippen LogP contribution in [0.15, 0.2) is 36.4 Å². The molecule has 3 nitrogen and oxygen atoms in total. The summed E-state index contributed by atoms with van der Waals surface area (Å²) in [5.74, 6) is 0.705. The lowest BCUT2D eigenvalue weighted by molar-refractivity contribution is 0.112. The number of epoxide rings is 1. The summed E-state index contributed by atoms with van der Waals surface area (Å²) in [7, 11) is 0. The second kappa shape index (κ2) is 9.57. The van der Waals surface area contributed by atoms with Gasteiger partial charge in [0.1, 0.15) is 5.75 Å². The second-order valence-electron chi connectivity index (χ2n) is 6.88. The van der Waals surface area contributed by atoms with Crippen molar-refractivity contribution in [1.29, 1.82) is 0 Å². The summed E-state index contributed by atoms with van der Waals surface area (Å²) >= 11 is 0. The third kappa shape index (κ3) is 5.57. The molecular weight excluding hydrogens is 312 g/mol. The highest BCUT2D eigenvalue weighted by Crippen LogP contribution is 2.26. The number of unbranched alkanes of at least 4 members (excludes halogenated alkanes) is 6. The Bertz CT molecular complexity index is 676. The Labute approximate surface area is 150 Å². The standard InChI is InChI=1S/C22H28O3/c23-16-21-20-12-8-7-10-18(20)13-14-22(21)24-15-9-5-3-1-2-4-6-11-19-17-25-19/h7-8,10,12-14,16,19H,1-6,9,11,15,17H2. The Morgan fingerprint density at radius 2 is 1.68 bits per heavy atom. The fourth-order valence-corrected chi connectivity index (χ4v) is 3.30. The van der Waals surface area contributed by atoms with Gasteiger partial charge in [0, 0.05) is 0 Å². The maximum Gasteiger partial charge on any atom is 0.154 e. The average molecular weight is 340 g/mol. The van der Waals surface area contributed by atoms with E-state index in [-0.39, 0.29) is 0 Å². The van der Waals surface area contributed by atoms with Crippen LogP contribution < -0.4 is 4.74 Å². The van der Waals surface area contributed by atoms with Crippen molar-refractivity contribution in [1.82, 2.24) is 0 Å². The SMILES string of the molecule is O=Cc1c(OCCCCCCCCCC2CO2)ccc2ccccc12.